The van der Waals surface area contributed by atoms with Crippen LogP contribution >= 0.6 is 0 Å². The zero-order chi connectivity index (χ0) is 14.5. The van der Waals surface area contributed by atoms with E-state index in [9.17, 15) is 17.6 Å². The molecular formula is C11H14FNO5S. The summed E-state index contributed by atoms with van der Waals surface area (Å²) in [7, 11) is -3.82. The Morgan fingerprint density at radius 3 is 2.74 bits per heavy atom. The van der Waals surface area contributed by atoms with Crippen molar-refractivity contribution in [1.82, 2.24) is 0 Å². The molecule has 0 unspecified atom stereocenters. The van der Waals surface area contributed by atoms with E-state index in [1.165, 1.54) is 6.07 Å². The summed E-state index contributed by atoms with van der Waals surface area (Å²) in [5.41, 5.74) is 0.0774. The predicted octanol–water partition coefficient (Wildman–Crippen LogP) is 1.44. The molecule has 1 aromatic rings. The second-order valence-corrected chi connectivity index (χ2v) is 5.48. The average molecular weight is 291 g/mol. The quantitative estimate of drug-likeness (QED) is 0.793. The lowest BCUT2D eigenvalue weighted by atomic mass is 10.3. The first-order valence-electron chi connectivity index (χ1n) is 5.48. The molecule has 0 aliphatic carbocycles. The molecule has 0 aromatic heterocycles. The highest BCUT2D eigenvalue weighted by Gasteiger charge is 2.15. The molecule has 0 spiro atoms. The first kappa shape index (κ1) is 15.2. The number of anilines is 1. The molecule has 106 valence electrons. The second kappa shape index (κ2) is 6.37. The topological polar surface area (TPSA) is 92.7 Å². The third-order valence-corrected chi connectivity index (χ3v) is 3.37. The fraction of sp³-hybridized carbons (Fsp3) is 0.364. The maximum Gasteiger partial charge on any atom is 0.304 e. The van der Waals surface area contributed by atoms with Crippen molar-refractivity contribution in [2.75, 3.05) is 17.1 Å². The zero-order valence-corrected chi connectivity index (χ0v) is 11.0. The lowest BCUT2D eigenvalue weighted by Crippen LogP contribution is -2.19. The van der Waals surface area contributed by atoms with Crippen LogP contribution in [-0.2, 0) is 14.8 Å². The van der Waals surface area contributed by atoms with Crippen molar-refractivity contribution in [1.29, 1.82) is 0 Å². The first-order chi connectivity index (χ1) is 8.84. The van der Waals surface area contributed by atoms with Crippen molar-refractivity contribution in [3.05, 3.63) is 24.0 Å². The molecule has 2 N–H and O–H groups in total. The fourth-order valence-corrected chi connectivity index (χ4v) is 2.34. The lowest BCUT2D eigenvalue weighted by Gasteiger charge is -2.12. The molecule has 0 amide bonds. The van der Waals surface area contributed by atoms with Crippen molar-refractivity contribution < 1.29 is 27.4 Å². The normalized spacial score (nSPS) is 11.1. The molecular weight excluding hydrogens is 277 g/mol. The number of carbonyl (C=O) groups is 1. The lowest BCUT2D eigenvalue weighted by molar-refractivity contribution is -0.136. The smallest absolute Gasteiger partial charge is 0.304 e. The highest BCUT2D eigenvalue weighted by atomic mass is 32.2. The molecule has 6 nitrogen and oxygen atoms in total. The summed E-state index contributed by atoms with van der Waals surface area (Å²) in [6.45, 7) is 1.92. The van der Waals surface area contributed by atoms with Crippen LogP contribution in [0.25, 0.3) is 0 Å². The Morgan fingerprint density at radius 1 is 1.47 bits per heavy atom. The van der Waals surface area contributed by atoms with Crippen LogP contribution in [-0.4, -0.2) is 31.9 Å². The van der Waals surface area contributed by atoms with E-state index in [4.69, 9.17) is 9.84 Å². The van der Waals surface area contributed by atoms with Gasteiger partial charge in [-0.1, -0.05) is 0 Å². The van der Waals surface area contributed by atoms with Gasteiger partial charge in [-0.05, 0) is 19.1 Å². The van der Waals surface area contributed by atoms with Crippen LogP contribution in [0.4, 0.5) is 10.1 Å². The molecule has 0 aliphatic heterocycles. The molecule has 0 atom stereocenters. The van der Waals surface area contributed by atoms with Gasteiger partial charge in [0.2, 0.25) is 10.0 Å². The van der Waals surface area contributed by atoms with Crippen LogP contribution in [0, 0.1) is 5.82 Å². The highest BCUT2D eigenvalue weighted by Crippen LogP contribution is 2.26. The first-order valence-corrected chi connectivity index (χ1v) is 7.14. The molecule has 1 rings (SSSR count). The number of ether oxygens (including phenoxy) is 1. The molecule has 0 saturated heterocycles. The summed E-state index contributed by atoms with van der Waals surface area (Å²) in [4.78, 5) is 10.3. The fourth-order valence-electron chi connectivity index (χ4n) is 1.30. The summed E-state index contributed by atoms with van der Waals surface area (Å²) in [5, 5.41) is 8.45. The van der Waals surface area contributed by atoms with E-state index in [-0.39, 0.29) is 18.0 Å². The van der Waals surface area contributed by atoms with E-state index in [2.05, 4.69) is 4.72 Å². The van der Waals surface area contributed by atoms with Crippen LogP contribution < -0.4 is 9.46 Å². The third kappa shape index (κ3) is 5.12. The Hall–Kier alpha value is -1.83. The van der Waals surface area contributed by atoms with E-state index in [0.717, 1.165) is 12.1 Å². The van der Waals surface area contributed by atoms with E-state index in [1.807, 2.05) is 0 Å². The third-order valence-electron chi connectivity index (χ3n) is 2.09. The number of hydrogen-bond donors (Lipinski definition) is 2. The maximum absolute atomic E-state index is 13.0. The van der Waals surface area contributed by atoms with Gasteiger partial charge < -0.3 is 9.84 Å². The van der Waals surface area contributed by atoms with Crippen LogP contribution in [0.15, 0.2) is 18.2 Å². The van der Waals surface area contributed by atoms with Gasteiger partial charge in [-0.25, -0.2) is 12.8 Å². The van der Waals surface area contributed by atoms with E-state index < -0.39 is 34.0 Å². The van der Waals surface area contributed by atoms with Crippen LogP contribution in [0.3, 0.4) is 0 Å². The van der Waals surface area contributed by atoms with Crippen LogP contribution in [0.1, 0.15) is 13.3 Å². The van der Waals surface area contributed by atoms with E-state index in [0.29, 0.717) is 0 Å². The van der Waals surface area contributed by atoms with Gasteiger partial charge in [0.25, 0.3) is 0 Å². The van der Waals surface area contributed by atoms with Crippen molar-refractivity contribution in [3.63, 3.8) is 0 Å². The minimum Gasteiger partial charge on any atom is -0.492 e. The molecule has 0 aliphatic rings. The molecule has 0 bridgehead atoms. The van der Waals surface area contributed by atoms with Gasteiger partial charge in [0.05, 0.1) is 24.5 Å². The summed E-state index contributed by atoms with van der Waals surface area (Å²) < 4.78 is 43.5. The monoisotopic (exact) mass is 291 g/mol. The standard InChI is InChI=1S/C11H14FNO5S/c1-2-18-10-7-8(12)3-4-9(10)13-19(16,17)6-5-11(14)15/h3-4,7,13H,2,5-6H2,1H3,(H,14,15). The van der Waals surface area contributed by atoms with Gasteiger partial charge in [0.15, 0.2) is 0 Å². The number of sulfonamides is 1. The highest BCUT2D eigenvalue weighted by molar-refractivity contribution is 7.92. The minimum atomic E-state index is -3.82. The number of carboxylic acids is 1. The number of nitrogens with one attached hydrogen (secondary N) is 1. The molecule has 0 radical (unpaired) electrons. The number of rotatable bonds is 7. The van der Waals surface area contributed by atoms with Gasteiger partial charge in [0.1, 0.15) is 11.6 Å². The Balaban J connectivity index is 2.89. The number of halogens is 1. The Bertz CT molecular complexity index is 558. The number of carboxylic acid groups (broad SMARTS) is 1. The Labute approximate surface area is 110 Å². The molecule has 0 heterocycles. The van der Waals surface area contributed by atoms with Gasteiger partial charge in [-0.3, -0.25) is 9.52 Å². The number of aliphatic carboxylic acids is 1. The van der Waals surface area contributed by atoms with Crippen LogP contribution in [0.5, 0.6) is 5.75 Å². The van der Waals surface area contributed by atoms with Gasteiger partial charge in [-0.2, -0.15) is 0 Å². The second-order valence-electron chi connectivity index (χ2n) is 3.64. The average Bonchev–Trinajstić information content (AvgIpc) is 2.31. The zero-order valence-electron chi connectivity index (χ0n) is 10.2. The van der Waals surface area contributed by atoms with E-state index in [1.54, 1.807) is 6.92 Å². The summed E-state index contributed by atoms with van der Waals surface area (Å²) in [5.74, 6) is -2.28. The number of hydrogen-bond acceptors (Lipinski definition) is 4. The minimum absolute atomic E-state index is 0.0569. The Kier molecular flexibility index (Phi) is 5.11. The van der Waals surface area contributed by atoms with Crippen molar-refractivity contribution in [2.24, 2.45) is 0 Å². The number of benzene rings is 1. The van der Waals surface area contributed by atoms with Gasteiger partial charge >= 0.3 is 5.97 Å². The largest absolute Gasteiger partial charge is 0.492 e. The van der Waals surface area contributed by atoms with Gasteiger partial charge in [-0.15, -0.1) is 0 Å². The molecule has 19 heavy (non-hydrogen) atoms. The summed E-state index contributed by atoms with van der Waals surface area (Å²) in [6.07, 6.45) is -0.513. The van der Waals surface area contributed by atoms with Crippen molar-refractivity contribution >= 4 is 21.7 Å². The molecule has 0 fully saturated rings. The Morgan fingerprint density at radius 2 is 2.16 bits per heavy atom. The maximum atomic E-state index is 13.0. The van der Waals surface area contributed by atoms with Crippen LogP contribution in [0.2, 0.25) is 0 Å². The molecule has 0 saturated carbocycles. The SMILES string of the molecule is CCOc1cc(F)ccc1NS(=O)(=O)CCC(=O)O. The summed E-state index contributed by atoms with van der Waals surface area (Å²) >= 11 is 0. The predicted molar refractivity (Wildman–Crippen MR) is 67.2 cm³/mol. The van der Waals surface area contributed by atoms with Gasteiger partial charge in [0, 0.05) is 6.07 Å². The molecule has 1 aromatic carbocycles. The van der Waals surface area contributed by atoms with Crippen molar-refractivity contribution in [3.8, 4) is 5.75 Å². The van der Waals surface area contributed by atoms with Crippen molar-refractivity contribution in [2.45, 2.75) is 13.3 Å². The summed E-state index contributed by atoms with van der Waals surface area (Å²) in [6, 6.07) is 3.36. The van der Waals surface area contributed by atoms with E-state index >= 15 is 0 Å². The molecule has 8 heteroatoms.